The zero-order valence-corrected chi connectivity index (χ0v) is 23.7. The van der Waals surface area contributed by atoms with Crippen LogP contribution in [0.25, 0.3) is 0 Å². The summed E-state index contributed by atoms with van der Waals surface area (Å²) in [6, 6.07) is 8.02. The van der Waals surface area contributed by atoms with Crippen LogP contribution in [-0.4, -0.2) is 60.1 Å². The van der Waals surface area contributed by atoms with Crippen molar-refractivity contribution in [2.24, 2.45) is 11.8 Å². The highest BCUT2D eigenvalue weighted by Gasteiger charge is 2.40. The fourth-order valence-electron chi connectivity index (χ4n) is 6.29. The highest BCUT2D eigenvalue weighted by Crippen LogP contribution is 2.42. The minimum atomic E-state index is -4.53. The summed E-state index contributed by atoms with van der Waals surface area (Å²) in [6.45, 7) is 1.43. The van der Waals surface area contributed by atoms with E-state index in [2.05, 4.69) is 4.98 Å². The maximum absolute atomic E-state index is 13.1. The second-order valence-corrected chi connectivity index (χ2v) is 11.5. The number of benzene rings is 1. The number of hydrogen-bond donors (Lipinski definition) is 1. The molecular weight excluding hydrogens is 537 g/mol. The number of pyridine rings is 1. The molecule has 2 fully saturated rings. The van der Waals surface area contributed by atoms with Gasteiger partial charge in [-0.25, -0.2) is 0 Å². The highest BCUT2D eigenvalue weighted by molar-refractivity contribution is 5.98. The zero-order valence-electron chi connectivity index (χ0n) is 23.7. The van der Waals surface area contributed by atoms with Gasteiger partial charge in [0.1, 0.15) is 5.60 Å². The number of nitrogens with zero attached hydrogens (tertiary/aromatic N) is 2. The number of halogens is 3. The van der Waals surface area contributed by atoms with Gasteiger partial charge in [-0.1, -0.05) is 18.2 Å². The molecule has 2 heterocycles. The molecule has 10 heteroatoms. The van der Waals surface area contributed by atoms with E-state index < -0.39 is 23.1 Å². The van der Waals surface area contributed by atoms with Crippen LogP contribution in [0.15, 0.2) is 42.6 Å². The smallest absolute Gasteiger partial charge is 0.384 e. The van der Waals surface area contributed by atoms with Crippen LogP contribution < -0.4 is 0 Å². The predicted molar refractivity (Wildman–Crippen MR) is 146 cm³/mol. The molecule has 1 saturated carbocycles. The van der Waals surface area contributed by atoms with Crippen molar-refractivity contribution < 1.29 is 37.3 Å². The Bertz CT molecular complexity index is 1180. The van der Waals surface area contributed by atoms with E-state index in [4.69, 9.17) is 9.47 Å². The molecule has 1 aliphatic heterocycles. The second-order valence-electron chi connectivity index (χ2n) is 11.5. The van der Waals surface area contributed by atoms with Crippen LogP contribution in [0.1, 0.15) is 78.5 Å². The number of alkyl halides is 3. The topological polar surface area (TPSA) is 89.0 Å². The van der Waals surface area contributed by atoms with Crippen LogP contribution in [0.5, 0.6) is 0 Å². The molecule has 1 aromatic heterocycles. The number of carbonyl (C=O) groups excluding carboxylic acids is 2. The van der Waals surface area contributed by atoms with Crippen molar-refractivity contribution in [2.75, 3.05) is 27.4 Å². The number of likely N-dealkylation sites (tertiary alicyclic amines) is 1. The van der Waals surface area contributed by atoms with Crippen molar-refractivity contribution in [3.63, 3.8) is 0 Å². The molecule has 1 aromatic carbocycles. The molecule has 0 radical (unpaired) electrons. The molecule has 0 spiro atoms. The molecule has 0 bridgehead atoms. The summed E-state index contributed by atoms with van der Waals surface area (Å²) < 4.78 is 49.6. The second kappa shape index (κ2) is 13.4. The third kappa shape index (κ3) is 7.93. The average molecular weight is 577 g/mol. The summed E-state index contributed by atoms with van der Waals surface area (Å²) in [7, 11) is 3.22. The van der Waals surface area contributed by atoms with Gasteiger partial charge in [-0.15, -0.1) is 0 Å². The van der Waals surface area contributed by atoms with Gasteiger partial charge in [0.25, 0.3) is 0 Å². The third-order valence-electron chi connectivity index (χ3n) is 8.47. The Morgan fingerprint density at radius 2 is 1.83 bits per heavy atom. The zero-order chi connectivity index (χ0) is 29.6. The summed E-state index contributed by atoms with van der Waals surface area (Å²) in [5.74, 6) is 0.0339. The summed E-state index contributed by atoms with van der Waals surface area (Å²) in [5, 5.41) is 11.3. The molecule has 41 heavy (non-hydrogen) atoms. The molecule has 2 atom stereocenters. The maximum Gasteiger partial charge on any atom is 0.416 e. The van der Waals surface area contributed by atoms with Crippen LogP contribution >= 0.6 is 0 Å². The Kier molecular flexibility index (Phi) is 10.2. The number of ether oxygens (including phenoxy) is 2. The Hall–Kier alpha value is -2.82. The normalized spacial score (nSPS) is 24.9. The number of amides is 1. The van der Waals surface area contributed by atoms with Crippen LogP contribution in [0.2, 0.25) is 0 Å². The fourth-order valence-corrected chi connectivity index (χ4v) is 6.29. The third-order valence-corrected chi connectivity index (χ3v) is 8.47. The Labute approximate surface area is 239 Å². The fraction of sp³-hybridized carbons (Fsp3) is 0.581. The largest absolute Gasteiger partial charge is 0.416 e. The van der Waals surface area contributed by atoms with Gasteiger partial charge in [-0.05, 0) is 74.1 Å². The number of aromatic nitrogens is 1. The summed E-state index contributed by atoms with van der Waals surface area (Å²) in [4.78, 5) is 32.0. The van der Waals surface area contributed by atoms with Crippen molar-refractivity contribution in [3.8, 4) is 0 Å². The van der Waals surface area contributed by atoms with Crippen LogP contribution in [0.3, 0.4) is 0 Å². The van der Waals surface area contributed by atoms with E-state index in [1.54, 1.807) is 25.3 Å². The van der Waals surface area contributed by atoms with Crippen molar-refractivity contribution in [1.82, 2.24) is 9.88 Å². The first-order valence-electron chi connectivity index (χ1n) is 14.2. The molecule has 224 valence electrons. The minimum Gasteiger partial charge on any atom is -0.384 e. The number of rotatable bonds is 11. The molecule has 2 aliphatic rings. The van der Waals surface area contributed by atoms with Gasteiger partial charge in [0, 0.05) is 45.4 Å². The van der Waals surface area contributed by atoms with Crippen LogP contribution in [0.4, 0.5) is 13.2 Å². The van der Waals surface area contributed by atoms with Crippen LogP contribution in [0, 0.1) is 11.8 Å². The SMILES string of the molecule is COCc1ccc(C2(O)CCC(CC3C[C@@H](COC)N(C(=O)CCC(=O)c4cccc(C(F)(F)F)c4)C3)CC2)nc1. The van der Waals surface area contributed by atoms with Gasteiger partial charge in [0.2, 0.25) is 5.91 Å². The van der Waals surface area contributed by atoms with E-state index in [-0.39, 0.29) is 36.3 Å². The van der Waals surface area contributed by atoms with Crippen LogP contribution in [-0.2, 0) is 32.7 Å². The van der Waals surface area contributed by atoms with E-state index in [0.717, 1.165) is 43.4 Å². The monoisotopic (exact) mass is 576 g/mol. The molecule has 1 saturated heterocycles. The maximum atomic E-state index is 13.1. The first kappa shape index (κ1) is 31.1. The van der Waals surface area contributed by atoms with E-state index in [9.17, 15) is 27.9 Å². The molecule has 1 amide bonds. The molecule has 2 aromatic rings. The van der Waals surface area contributed by atoms with Gasteiger partial charge in [0.15, 0.2) is 5.78 Å². The first-order chi connectivity index (χ1) is 19.5. The lowest BCUT2D eigenvalue weighted by Gasteiger charge is -2.36. The molecule has 1 aliphatic carbocycles. The summed E-state index contributed by atoms with van der Waals surface area (Å²) in [6.07, 6.45) is 1.71. The Morgan fingerprint density at radius 3 is 2.46 bits per heavy atom. The van der Waals surface area contributed by atoms with Gasteiger partial charge in [-0.3, -0.25) is 14.6 Å². The lowest BCUT2D eigenvalue weighted by atomic mass is 9.74. The number of methoxy groups -OCH3 is 2. The van der Waals surface area contributed by atoms with Crippen molar-refractivity contribution in [2.45, 2.75) is 75.8 Å². The highest BCUT2D eigenvalue weighted by atomic mass is 19.4. The minimum absolute atomic E-state index is 0.0428. The van der Waals surface area contributed by atoms with E-state index in [1.807, 2.05) is 12.1 Å². The van der Waals surface area contributed by atoms with Gasteiger partial charge in [-0.2, -0.15) is 13.2 Å². The Morgan fingerprint density at radius 1 is 1.07 bits per heavy atom. The quantitative estimate of drug-likeness (QED) is 0.354. The molecule has 7 nitrogen and oxygen atoms in total. The predicted octanol–water partition coefficient (Wildman–Crippen LogP) is 5.54. The van der Waals surface area contributed by atoms with Crippen molar-refractivity contribution >= 4 is 11.7 Å². The summed E-state index contributed by atoms with van der Waals surface area (Å²) >= 11 is 0. The number of Topliss-reactive ketones (excluding diaryl/α,β-unsaturated/α-hetero) is 1. The number of ketones is 1. The Balaban J connectivity index is 1.29. The van der Waals surface area contributed by atoms with Gasteiger partial charge >= 0.3 is 6.18 Å². The van der Waals surface area contributed by atoms with E-state index >= 15 is 0 Å². The number of aliphatic hydroxyl groups is 1. The summed E-state index contributed by atoms with van der Waals surface area (Å²) in [5.41, 5.74) is -0.217. The van der Waals surface area contributed by atoms with Crippen molar-refractivity contribution in [1.29, 1.82) is 0 Å². The molecular formula is C31H39F3N2O5. The van der Waals surface area contributed by atoms with E-state index in [1.165, 1.54) is 12.1 Å². The molecule has 1 unspecified atom stereocenters. The first-order valence-corrected chi connectivity index (χ1v) is 14.2. The number of carbonyl (C=O) groups is 2. The van der Waals surface area contributed by atoms with E-state index in [0.29, 0.717) is 44.2 Å². The molecule has 4 rings (SSSR count). The standard InChI is InChI=1S/C31H39F3N2O5/c1-40-19-22-6-8-28(35-17-22)30(39)12-10-21(11-13-30)14-23-15-26(20-41-2)36(18-23)29(38)9-7-27(37)24-4-3-5-25(16-24)31(32,33)34/h3-6,8,16-17,21,23,26,39H,7,9-15,18-20H2,1-2H3/t21?,23?,26-,30?/m0/s1. The number of hydrogen-bond acceptors (Lipinski definition) is 6. The molecule has 1 N–H and O–H groups in total. The van der Waals surface area contributed by atoms with Gasteiger partial charge < -0.3 is 19.5 Å². The lowest BCUT2D eigenvalue weighted by Crippen LogP contribution is -2.38. The van der Waals surface area contributed by atoms with Crippen molar-refractivity contribution in [3.05, 3.63) is 65.0 Å². The van der Waals surface area contributed by atoms with Gasteiger partial charge in [0.05, 0.1) is 30.5 Å². The average Bonchev–Trinajstić information content (AvgIpc) is 3.35. The lowest BCUT2D eigenvalue weighted by molar-refractivity contribution is -0.137.